The molecule has 7 heteroatoms. The number of aromatic nitrogens is 1. The average Bonchev–Trinajstić information content (AvgIpc) is 2.42. The molecule has 2 aromatic rings. The van der Waals surface area contributed by atoms with Crippen LogP contribution in [0.3, 0.4) is 0 Å². The Hall–Kier alpha value is -1.57. The molecule has 3 rings (SSSR count). The fourth-order valence-electron chi connectivity index (χ4n) is 2.78. The molecule has 0 bridgehead atoms. The van der Waals surface area contributed by atoms with Crippen molar-refractivity contribution in [2.45, 2.75) is 5.25 Å². The van der Waals surface area contributed by atoms with Gasteiger partial charge in [0, 0.05) is 30.6 Å². The third-order valence-electron chi connectivity index (χ3n) is 3.94. The van der Waals surface area contributed by atoms with Gasteiger partial charge in [0.05, 0.1) is 0 Å². The highest BCUT2D eigenvalue weighted by molar-refractivity contribution is 7.89. The number of benzene rings is 1. The van der Waals surface area contributed by atoms with Gasteiger partial charge in [-0.05, 0) is 24.1 Å². The number of fused-ring (bicyclic) bond motifs is 1. The summed E-state index contributed by atoms with van der Waals surface area (Å²) in [4.78, 5) is 3.66. The summed E-state index contributed by atoms with van der Waals surface area (Å²) in [5.74, 6) is -0.709. The van der Waals surface area contributed by atoms with Gasteiger partial charge in [-0.15, -0.1) is 0 Å². The summed E-state index contributed by atoms with van der Waals surface area (Å²) < 4.78 is 41.3. The van der Waals surface area contributed by atoms with Crippen LogP contribution in [0.5, 0.6) is 0 Å². The molecule has 0 saturated carbocycles. The fourth-order valence-corrected chi connectivity index (χ4v) is 4.26. The predicted molar refractivity (Wildman–Crippen MR) is 78.8 cm³/mol. The SMILES string of the molecule is CNS(=O)(=O)C(c1cccc2ccnc(F)c12)C1CNC1. The number of hydrogen-bond acceptors (Lipinski definition) is 4. The van der Waals surface area contributed by atoms with E-state index in [1.54, 1.807) is 24.3 Å². The van der Waals surface area contributed by atoms with Crippen LogP contribution in [0.25, 0.3) is 10.8 Å². The van der Waals surface area contributed by atoms with Crippen molar-refractivity contribution >= 4 is 20.8 Å². The third-order valence-corrected chi connectivity index (χ3v) is 5.82. The van der Waals surface area contributed by atoms with E-state index in [-0.39, 0.29) is 11.3 Å². The van der Waals surface area contributed by atoms with E-state index < -0.39 is 21.2 Å². The van der Waals surface area contributed by atoms with E-state index in [4.69, 9.17) is 0 Å². The maximum atomic E-state index is 14.1. The smallest absolute Gasteiger partial charge is 0.221 e. The second kappa shape index (κ2) is 5.32. The number of hydrogen-bond donors (Lipinski definition) is 2. The molecular formula is C14H16FN3O2S. The zero-order chi connectivity index (χ0) is 15.0. The van der Waals surface area contributed by atoms with Gasteiger partial charge in [0.1, 0.15) is 5.25 Å². The number of nitrogens with one attached hydrogen (secondary N) is 2. The van der Waals surface area contributed by atoms with Gasteiger partial charge in [-0.25, -0.2) is 18.1 Å². The molecule has 1 atom stereocenters. The molecule has 1 aromatic carbocycles. The van der Waals surface area contributed by atoms with Crippen LogP contribution in [-0.2, 0) is 10.0 Å². The Labute approximate surface area is 122 Å². The quantitative estimate of drug-likeness (QED) is 0.832. The lowest BCUT2D eigenvalue weighted by molar-refractivity contribution is 0.331. The van der Waals surface area contributed by atoms with E-state index in [0.717, 1.165) is 0 Å². The van der Waals surface area contributed by atoms with E-state index in [1.165, 1.54) is 13.2 Å². The van der Waals surface area contributed by atoms with Gasteiger partial charge in [0.25, 0.3) is 0 Å². The van der Waals surface area contributed by atoms with Gasteiger partial charge >= 0.3 is 0 Å². The molecule has 5 nitrogen and oxygen atoms in total. The largest absolute Gasteiger partial charge is 0.316 e. The predicted octanol–water partition coefficient (Wildman–Crippen LogP) is 1.18. The van der Waals surface area contributed by atoms with E-state index >= 15 is 0 Å². The molecule has 112 valence electrons. The molecule has 0 radical (unpaired) electrons. The Morgan fingerprint density at radius 1 is 1.38 bits per heavy atom. The van der Waals surface area contributed by atoms with Crippen LogP contribution >= 0.6 is 0 Å². The first kappa shape index (κ1) is 14.4. The Kier molecular flexibility index (Phi) is 3.64. The first-order chi connectivity index (χ1) is 10.0. The lowest BCUT2D eigenvalue weighted by Crippen LogP contribution is -2.48. The topological polar surface area (TPSA) is 71.1 Å². The maximum absolute atomic E-state index is 14.1. The van der Waals surface area contributed by atoms with Gasteiger partial charge in [-0.3, -0.25) is 0 Å². The lowest BCUT2D eigenvalue weighted by Gasteiger charge is -2.34. The molecule has 1 aromatic heterocycles. The Balaban J connectivity index is 2.25. The standard InChI is InChI=1S/C14H16FN3O2S/c1-16-21(19,20)13(10-7-17-8-10)11-4-2-3-9-5-6-18-14(15)12(9)11/h2-6,10,13,16-17H,7-8H2,1H3. The fraction of sp³-hybridized carbons (Fsp3) is 0.357. The van der Waals surface area contributed by atoms with Crippen molar-refractivity contribution in [2.75, 3.05) is 20.1 Å². The van der Waals surface area contributed by atoms with Crippen LogP contribution in [0.4, 0.5) is 4.39 Å². The molecule has 0 spiro atoms. The second-order valence-electron chi connectivity index (χ2n) is 5.14. The summed E-state index contributed by atoms with van der Waals surface area (Å²) in [5, 5.41) is 3.23. The Morgan fingerprint density at radius 2 is 2.14 bits per heavy atom. The third kappa shape index (κ3) is 2.41. The highest BCUT2D eigenvalue weighted by atomic mass is 32.2. The molecule has 1 fully saturated rings. The monoisotopic (exact) mass is 309 g/mol. The number of pyridine rings is 1. The van der Waals surface area contributed by atoms with Crippen LogP contribution in [0.2, 0.25) is 0 Å². The second-order valence-corrected chi connectivity index (χ2v) is 7.14. The first-order valence-corrected chi connectivity index (χ1v) is 8.25. The van der Waals surface area contributed by atoms with E-state index in [0.29, 0.717) is 24.0 Å². The lowest BCUT2D eigenvalue weighted by atomic mass is 9.91. The zero-order valence-corrected chi connectivity index (χ0v) is 12.3. The summed E-state index contributed by atoms with van der Waals surface area (Å²) in [6, 6.07) is 6.86. The molecule has 1 aliphatic rings. The van der Waals surface area contributed by atoms with Crippen molar-refractivity contribution in [1.29, 1.82) is 0 Å². The van der Waals surface area contributed by atoms with Crippen LogP contribution in [0.1, 0.15) is 10.8 Å². The normalized spacial score (nSPS) is 17.6. The van der Waals surface area contributed by atoms with Gasteiger partial charge in [0.2, 0.25) is 16.0 Å². The van der Waals surface area contributed by atoms with Gasteiger partial charge < -0.3 is 5.32 Å². The van der Waals surface area contributed by atoms with Crippen LogP contribution in [0, 0.1) is 11.9 Å². The zero-order valence-electron chi connectivity index (χ0n) is 11.5. The summed E-state index contributed by atoms with van der Waals surface area (Å²) in [5.41, 5.74) is 0.471. The van der Waals surface area contributed by atoms with Crippen molar-refractivity contribution in [3.05, 3.63) is 42.0 Å². The summed E-state index contributed by atoms with van der Waals surface area (Å²) in [7, 11) is -2.18. The van der Waals surface area contributed by atoms with Gasteiger partial charge in [-0.2, -0.15) is 4.39 Å². The van der Waals surface area contributed by atoms with Crippen molar-refractivity contribution in [3.63, 3.8) is 0 Å². The molecule has 1 saturated heterocycles. The number of sulfonamides is 1. The highest BCUT2D eigenvalue weighted by Crippen LogP contribution is 2.36. The Morgan fingerprint density at radius 3 is 2.76 bits per heavy atom. The molecule has 2 heterocycles. The van der Waals surface area contributed by atoms with Crippen molar-refractivity contribution in [2.24, 2.45) is 5.92 Å². The minimum Gasteiger partial charge on any atom is -0.316 e. The average molecular weight is 309 g/mol. The van der Waals surface area contributed by atoms with E-state index in [9.17, 15) is 12.8 Å². The molecular weight excluding hydrogens is 293 g/mol. The van der Waals surface area contributed by atoms with Crippen molar-refractivity contribution in [1.82, 2.24) is 15.0 Å². The Bertz CT molecular complexity index is 770. The highest BCUT2D eigenvalue weighted by Gasteiger charge is 2.38. The number of nitrogens with zero attached hydrogens (tertiary/aromatic N) is 1. The van der Waals surface area contributed by atoms with Crippen LogP contribution in [0.15, 0.2) is 30.5 Å². The molecule has 0 amide bonds. The number of halogens is 1. The summed E-state index contributed by atoms with van der Waals surface area (Å²) in [6.45, 7) is 1.20. The van der Waals surface area contributed by atoms with E-state index in [2.05, 4.69) is 15.0 Å². The van der Waals surface area contributed by atoms with Crippen LogP contribution in [-0.4, -0.2) is 33.5 Å². The first-order valence-electron chi connectivity index (χ1n) is 6.71. The summed E-state index contributed by atoms with van der Waals surface area (Å²) >= 11 is 0. The van der Waals surface area contributed by atoms with Gasteiger partial charge in [-0.1, -0.05) is 18.2 Å². The number of rotatable bonds is 4. The molecule has 21 heavy (non-hydrogen) atoms. The molecule has 1 aliphatic heterocycles. The van der Waals surface area contributed by atoms with Crippen LogP contribution < -0.4 is 10.0 Å². The van der Waals surface area contributed by atoms with Crippen molar-refractivity contribution < 1.29 is 12.8 Å². The van der Waals surface area contributed by atoms with Gasteiger partial charge in [0.15, 0.2) is 0 Å². The van der Waals surface area contributed by atoms with E-state index in [1.807, 2.05) is 0 Å². The van der Waals surface area contributed by atoms with Crippen molar-refractivity contribution in [3.8, 4) is 0 Å². The molecule has 1 unspecified atom stereocenters. The minimum atomic E-state index is -3.57. The minimum absolute atomic E-state index is 0.0762. The maximum Gasteiger partial charge on any atom is 0.221 e. The molecule has 2 N–H and O–H groups in total. The molecule has 0 aliphatic carbocycles. The summed E-state index contributed by atoms with van der Waals surface area (Å²) in [6.07, 6.45) is 1.38.